The summed E-state index contributed by atoms with van der Waals surface area (Å²) in [4.78, 5) is 25.6. The number of amides is 1. The molecule has 0 N–H and O–H groups in total. The summed E-state index contributed by atoms with van der Waals surface area (Å²) in [5.74, 6) is 0.565. The van der Waals surface area contributed by atoms with E-state index in [0.29, 0.717) is 0 Å². The van der Waals surface area contributed by atoms with Gasteiger partial charge in [-0.2, -0.15) is 0 Å². The number of piperidine rings is 1. The van der Waals surface area contributed by atoms with Crippen LogP contribution in [-0.4, -0.2) is 47.0 Å². The monoisotopic (exact) mass is 354 g/mol. The zero-order valence-corrected chi connectivity index (χ0v) is 14.8. The third-order valence-corrected chi connectivity index (χ3v) is 5.53. The van der Waals surface area contributed by atoms with Crippen molar-refractivity contribution in [2.24, 2.45) is 5.41 Å². The lowest BCUT2D eigenvalue weighted by Crippen LogP contribution is -2.46. The van der Waals surface area contributed by atoms with Crippen molar-refractivity contribution in [3.05, 3.63) is 54.1 Å². The first-order chi connectivity index (χ1) is 12.6. The number of carbonyl (C=O) groups is 1. The lowest BCUT2D eigenvalue weighted by molar-refractivity contribution is -0.129. The summed E-state index contributed by atoms with van der Waals surface area (Å²) in [7, 11) is 0. The highest BCUT2D eigenvalue weighted by atomic mass is 19.1. The molecular weight excluding hydrogens is 331 g/mol. The normalized spacial score (nSPS) is 22.8. The Bertz CT molecular complexity index is 784. The minimum atomic E-state index is -0.293. The molecule has 0 saturated carbocycles. The summed E-state index contributed by atoms with van der Waals surface area (Å²) in [6.45, 7) is 3.39. The largest absolute Gasteiger partial charge is 0.342 e. The summed E-state index contributed by atoms with van der Waals surface area (Å²) in [5.41, 5.74) is 0.855. The first-order valence-electron chi connectivity index (χ1n) is 9.18. The van der Waals surface area contributed by atoms with E-state index in [-0.39, 0.29) is 23.6 Å². The second-order valence-electron chi connectivity index (χ2n) is 7.45. The molecule has 0 aliphatic carbocycles. The Hall–Kier alpha value is -2.50. The lowest BCUT2D eigenvalue weighted by atomic mass is 9.79. The van der Waals surface area contributed by atoms with Gasteiger partial charge in [0.25, 0.3) is 0 Å². The quantitative estimate of drug-likeness (QED) is 0.850. The van der Waals surface area contributed by atoms with E-state index >= 15 is 0 Å². The molecule has 0 radical (unpaired) electrons. The van der Waals surface area contributed by atoms with E-state index in [2.05, 4.69) is 14.9 Å². The van der Waals surface area contributed by atoms with Crippen molar-refractivity contribution < 1.29 is 9.18 Å². The molecule has 136 valence electrons. The van der Waals surface area contributed by atoms with Crippen molar-refractivity contribution in [1.82, 2.24) is 14.9 Å². The van der Waals surface area contributed by atoms with Gasteiger partial charge in [0.05, 0.1) is 6.42 Å². The molecule has 3 heterocycles. The molecule has 2 aromatic rings. The molecule has 1 atom stereocenters. The number of rotatable bonds is 3. The van der Waals surface area contributed by atoms with Crippen molar-refractivity contribution in [3.63, 3.8) is 0 Å². The average molecular weight is 354 g/mol. The van der Waals surface area contributed by atoms with Crippen LogP contribution < -0.4 is 4.90 Å². The fourth-order valence-electron chi connectivity index (χ4n) is 4.25. The highest BCUT2D eigenvalue weighted by Gasteiger charge is 2.43. The fourth-order valence-corrected chi connectivity index (χ4v) is 4.25. The third kappa shape index (κ3) is 3.54. The number of anilines is 1. The minimum Gasteiger partial charge on any atom is -0.342 e. The summed E-state index contributed by atoms with van der Waals surface area (Å²) in [6, 6.07) is 8.13. The highest BCUT2D eigenvalue weighted by molar-refractivity contribution is 5.79. The standard InChI is InChI=1S/C20H23FN4O/c21-17-5-1-4-16(12-17)13-18(26)24-11-7-20(14-24)6-2-10-25(15-20)19-22-8-3-9-23-19/h1,3-5,8-9,12H,2,6-7,10-11,13-15H2/t20-/m1/s1. The van der Waals surface area contributed by atoms with E-state index < -0.39 is 0 Å². The van der Waals surface area contributed by atoms with E-state index in [1.807, 2.05) is 17.0 Å². The van der Waals surface area contributed by atoms with Gasteiger partial charge in [0.1, 0.15) is 5.82 Å². The van der Waals surface area contributed by atoms with E-state index in [1.165, 1.54) is 12.1 Å². The number of aromatic nitrogens is 2. The molecular formula is C20H23FN4O. The zero-order chi connectivity index (χ0) is 18.0. The molecule has 5 nitrogen and oxygen atoms in total. The van der Waals surface area contributed by atoms with E-state index in [0.717, 1.165) is 57.0 Å². The maximum absolute atomic E-state index is 13.3. The Labute approximate surface area is 152 Å². The molecule has 0 bridgehead atoms. The van der Waals surface area contributed by atoms with Crippen molar-refractivity contribution >= 4 is 11.9 Å². The zero-order valence-electron chi connectivity index (χ0n) is 14.8. The number of likely N-dealkylation sites (tertiary alicyclic amines) is 1. The molecule has 1 aromatic heterocycles. The van der Waals surface area contributed by atoms with Gasteiger partial charge in [-0.25, -0.2) is 14.4 Å². The van der Waals surface area contributed by atoms with Crippen LogP contribution in [0, 0.1) is 11.2 Å². The van der Waals surface area contributed by atoms with Crippen LogP contribution >= 0.6 is 0 Å². The summed E-state index contributed by atoms with van der Waals surface area (Å²) in [6.07, 6.45) is 7.02. The van der Waals surface area contributed by atoms with Gasteiger partial charge in [-0.15, -0.1) is 0 Å². The first-order valence-corrected chi connectivity index (χ1v) is 9.18. The fraction of sp³-hybridized carbons (Fsp3) is 0.450. The third-order valence-electron chi connectivity index (χ3n) is 5.53. The van der Waals surface area contributed by atoms with Crippen LogP contribution in [0.4, 0.5) is 10.3 Å². The Morgan fingerprint density at radius 1 is 1.12 bits per heavy atom. The molecule has 2 aliphatic heterocycles. The van der Waals surface area contributed by atoms with Crippen LogP contribution in [-0.2, 0) is 11.2 Å². The van der Waals surface area contributed by atoms with Crippen LogP contribution in [0.3, 0.4) is 0 Å². The Kier molecular flexibility index (Phi) is 4.57. The van der Waals surface area contributed by atoms with Crippen molar-refractivity contribution in [2.45, 2.75) is 25.7 Å². The minimum absolute atomic E-state index is 0.0839. The Morgan fingerprint density at radius 3 is 2.77 bits per heavy atom. The van der Waals surface area contributed by atoms with Crippen LogP contribution in [0.15, 0.2) is 42.7 Å². The van der Waals surface area contributed by atoms with Crippen molar-refractivity contribution in [3.8, 4) is 0 Å². The molecule has 2 saturated heterocycles. The number of nitrogens with zero attached hydrogens (tertiary/aromatic N) is 4. The summed E-state index contributed by atoms with van der Waals surface area (Å²) < 4.78 is 13.3. The van der Waals surface area contributed by atoms with Gasteiger partial charge in [0.2, 0.25) is 11.9 Å². The Morgan fingerprint density at radius 2 is 1.96 bits per heavy atom. The molecule has 2 fully saturated rings. The van der Waals surface area contributed by atoms with Gasteiger partial charge in [-0.3, -0.25) is 4.79 Å². The molecule has 2 aliphatic rings. The molecule has 1 amide bonds. The van der Waals surface area contributed by atoms with Crippen LogP contribution in [0.5, 0.6) is 0 Å². The highest BCUT2D eigenvalue weighted by Crippen LogP contribution is 2.39. The average Bonchev–Trinajstić information content (AvgIpc) is 3.06. The number of carbonyl (C=O) groups excluding carboxylic acids is 1. The van der Waals surface area contributed by atoms with Gasteiger partial charge in [0, 0.05) is 44.0 Å². The van der Waals surface area contributed by atoms with E-state index in [1.54, 1.807) is 18.5 Å². The second kappa shape index (κ2) is 7.02. The maximum atomic E-state index is 13.3. The maximum Gasteiger partial charge on any atom is 0.227 e. The molecule has 4 rings (SSSR count). The molecule has 26 heavy (non-hydrogen) atoms. The summed E-state index contributed by atoms with van der Waals surface area (Å²) in [5, 5.41) is 0. The second-order valence-corrected chi connectivity index (χ2v) is 7.45. The van der Waals surface area contributed by atoms with Crippen LogP contribution in [0.1, 0.15) is 24.8 Å². The number of hydrogen-bond donors (Lipinski definition) is 0. The number of hydrogen-bond acceptors (Lipinski definition) is 4. The molecule has 6 heteroatoms. The van der Waals surface area contributed by atoms with Crippen LogP contribution in [0.2, 0.25) is 0 Å². The SMILES string of the molecule is O=C(Cc1cccc(F)c1)N1CC[C@]2(CCCN(c3ncccn3)C2)C1. The number of benzene rings is 1. The van der Waals surface area contributed by atoms with Crippen LogP contribution in [0.25, 0.3) is 0 Å². The van der Waals surface area contributed by atoms with Gasteiger partial charge < -0.3 is 9.80 Å². The Balaban J connectivity index is 1.41. The predicted octanol–water partition coefficient (Wildman–Crippen LogP) is 2.68. The van der Waals surface area contributed by atoms with E-state index in [4.69, 9.17) is 0 Å². The molecule has 1 spiro atoms. The lowest BCUT2D eigenvalue weighted by Gasteiger charge is -2.40. The topological polar surface area (TPSA) is 49.3 Å². The molecule has 1 aromatic carbocycles. The first kappa shape index (κ1) is 16.9. The number of halogens is 1. The summed E-state index contributed by atoms with van der Waals surface area (Å²) >= 11 is 0. The van der Waals surface area contributed by atoms with Crippen molar-refractivity contribution in [2.75, 3.05) is 31.1 Å². The van der Waals surface area contributed by atoms with Gasteiger partial charge >= 0.3 is 0 Å². The van der Waals surface area contributed by atoms with Crippen molar-refractivity contribution in [1.29, 1.82) is 0 Å². The smallest absolute Gasteiger partial charge is 0.227 e. The molecule has 0 unspecified atom stereocenters. The van der Waals surface area contributed by atoms with E-state index in [9.17, 15) is 9.18 Å². The van der Waals surface area contributed by atoms with Gasteiger partial charge in [-0.05, 0) is 43.0 Å². The predicted molar refractivity (Wildman–Crippen MR) is 97.2 cm³/mol. The van der Waals surface area contributed by atoms with Gasteiger partial charge in [-0.1, -0.05) is 12.1 Å². The van der Waals surface area contributed by atoms with Gasteiger partial charge in [0.15, 0.2) is 0 Å².